The SMILES string of the molecule is c1csc(CN(Cc2cccs2)c2nc(C3CC3)ns2)c1. The van der Waals surface area contributed by atoms with E-state index < -0.39 is 0 Å². The van der Waals surface area contributed by atoms with Gasteiger partial charge in [0.2, 0.25) is 5.13 Å². The Morgan fingerprint density at radius 2 is 1.71 bits per heavy atom. The van der Waals surface area contributed by atoms with Crippen LogP contribution in [-0.2, 0) is 13.1 Å². The lowest BCUT2D eigenvalue weighted by Crippen LogP contribution is -2.20. The molecule has 21 heavy (non-hydrogen) atoms. The first-order valence-electron chi connectivity index (χ1n) is 7.02. The lowest BCUT2D eigenvalue weighted by molar-refractivity contribution is 0.807. The molecule has 3 nitrogen and oxygen atoms in total. The second-order valence-corrected chi connectivity index (χ2v) is 8.02. The van der Waals surface area contributed by atoms with E-state index in [1.165, 1.54) is 22.6 Å². The topological polar surface area (TPSA) is 29.0 Å². The molecule has 1 fully saturated rings. The number of rotatable bonds is 6. The van der Waals surface area contributed by atoms with Crippen LogP contribution in [0.4, 0.5) is 5.13 Å². The second-order valence-electron chi connectivity index (χ2n) is 5.22. The summed E-state index contributed by atoms with van der Waals surface area (Å²) >= 11 is 5.15. The summed E-state index contributed by atoms with van der Waals surface area (Å²) in [5.74, 6) is 1.68. The molecule has 0 unspecified atom stereocenters. The van der Waals surface area contributed by atoms with Crippen LogP contribution in [0.15, 0.2) is 35.0 Å². The highest BCUT2D eigenvalue weighted by Gasteiger charge is 2.28. The van der Waals surface area contributed by atoms with Gasteiger partial charge in [0, 0.05) is 27.2 Å². The minimum Gasteiger partial charge on any atom is -0.337 e. The van der Waals surface area contributed by atoms with E-state index in [-0.39, 0.29) is 0 Å². The molecule has 0 aromatic carbocycles. The first-order chi connectivity index (χ1) is 10.4. The highest BCUT2D eigenvalue weighted by molar-refractivity contribution is 7.10. The van der Waals surface area contributed by atoms with E-state index in [0.717, 1.165) is 24.0 Å². The molecule has 4 rings (SSSR count). The molecule has 0 saturated heterocycles. The molecule has 0 amide bonds. The maximum atomic E-state index is 4.78. The van der Waals surface area contributed by atoms with Crippen molar-refractivity contribution in [2.75, 3.05) is 4.90 Å². The van der Waals surface area contributed by atoms with Crippen molar-refractivity contribution in [3.05, 3.63) is 50.6 Å². The van der Waals surface area contributed by atoms with Gasteiger partial charge in [-0.25, -0.2) is 4.98 Å². The zero-order valence-electron chi connectivity index (χ0n) is 11.4. The molecule has 3 aromatic heterocycles. The number of anilines is 1. The van der Waals surface area contributed by atoms with Crippen LogP contribution in [0.1, 0.15) is 34.3 Å². The third kappa shape index (κ3) is 3.17. The van der Waals surface area contributed by atoms with Gasteiger partial charge in [0.05, 0.1) is 13.1 Å². The third-order valence-corrected chi connectivity index (χ3v) is 6.01. The largest absolute Gasteiger partial charge is 0.337 e. The van der Waals surface area contributed by atoms with E-state index in [9.17, 15) is 0 Å². The van der Waals surface area contributed by atoms with Crippen molar-refractivity contribution < 1.29 is 0 Å². The van der Waals surface area contributed by atoms with Gasteiger partial charge in [-0.05, 0) is 35.7 Å². The third-order valence-electron chi connectivity index (χ3n) is 3.50. The Hall–Kier alpha value is -1.24. The van der Waals surface area contributed by atoms with Gasteiger partial charge in [-0.1, -0.05) is 12.1 Å². The van der Waals surface area contributed by atoms with Gasteiger partial charge in [-0.2, -0.15) is 4.37 Å². The molecule has 108 valence electrons. The van der Waals surface area contributed by atoms with Crippen LogP contribution in [0.25, 0.3) is 0 Å². The fraction of sp³-hybridized carbons (Fsp3) is 0.333. The maximum Gasteiger partial charge on any atom is 0.205 e. The molecule has 3 aromatic rings. The van der Waals surface area contributed by atoms with Gasteiger partial charge >= 0.3 is 0 Å². The fourth-order valence-electron chi connectivity index (χ4n) is 2.23. The summed E-state index contributed by atoms with van der Waals surface area (Å²) < 4.78 is 4.55. The van der Waals surface area contributed by atoms with Crippen molar-refractivity contribution in [3.63, 3.8) is 0 Å². The predicted octanol–water partition coefficient (Wildman–Crippen LogP) is 4.75. The summed E-state index contributed by atoms with van der Waals surface area (Å²) in [6.07, 6.45) is 2.51. The highest BCUT2D eigenvalue weighted by atomic mass is 32.1. The Balaban J connectivity index is 1.57. The quantitative estimate of drug-likeness (QED) is 0.652. The average Bonchev–Trinajstić information content (AvgIpc) is 2.94. The van der Waals surface area contributed by atoms with E-state index in [2.05, 4.69) is 44.3 Å². The van der Waals surface area contributed by atoms with Crippen LogP contribution in [-0.4, -0.2) is 9.36 Å². The van der Waals surface area contributed by atoms with Crippen LogP contribution >= 0.6 is 34.2 Å². The normalized spacial score (nSPS) is 14.5. The molecule has 1 saturated carbocycles. The van der Waals surface area contributed by atoms with E-state index in [1.807, 2.05) is 0 Å². The van der Waals surface area contributed by atoms with Gasteiger partial charge < -0.3 is 4.90 Å². The fourth-order valence-corrected chi connectivity index (χ4v) is 4.42. The molecule has 0 N–H and O–H groups in total. The maximum absolute atomic E-state index is 4.78. The minimum absolute atomic E-state index is 0.625. The highest BCUT2D eigenvalue weighted by Crippen LogP contribution is 2.40. The summed E-state index contributed by atoms with van der Waals surface area (Å²) in [5, 5.41) is 5.32. The zero-order chi connectivity index (χ0) is 14.1. The Morgan fingerprint density at radius 3 is 2.24 bits per heavy atom. The average molecular weight is 334 g/mol. The Kier molecular flexibility index (Phi) is 3.75. The lowest BCUT2D eigenvalue weighted by atomic mass is 10.4. The molecule has 3 heterocycles. The van der Waals surface area contributed by atoms with Gasteiger partial charge in [-0.15, -0.1) is 22.7 Å². The van der Waals surface area contributed by atoms with Crippen LogP contribution in [0.2, 0.25) is 0 Å². The number of hydrogen-bond acceptors (Lipinski definition) is 6. The van der Waals surface area contributed by atoms with Gasteiger partial charge in [0.25, 0.3) is 0 Å². The zero-order valence-corrected chi connectivity index (χ0v) is 13.9. The van der Waals surface area contributed by atoms with E-state index in [1.54, 1.807) is 34.2 Å². The molecular formula is C15H15N3S3. The van der Waals surface area contributed by atoms with Crippen LogP contribution in [0.5, 0.6) is 0 Å². The standard InChI is InChI=1S/C15H15N3S3/c1-3-12(19-7-1)9-18(10-13-4-2-8-20-13)15-16-14(17-21-15)11-5-6-11/h1-4,7-8,11H,5-6,9-10H2. The molecule has 0 spiro atoms. The van der Waals surface area contributed by atoms with Crippen LogP contribution in [0, 0.1) is 0 Å². The Labute approximate surface area is 136 Å². The van der Waals surface area contributed by atoms with E-state index in [0.29, 0.717) is 5.92 Å². The van der Waals surface area contributed by atoms with Crippen molar-refractivity contribution in [3.8, 4) is 0 Å². The number of hydrogen-bond donors (Lipinski definition) is 0. The lowest BCUT2D eigenvalue weighted by Gasteiger charge is -2.19. The molecule has 0 radical (unpaired) electrons. The first-order valence-corrected chi connectivity index (χ1v) is 9.55. The summed E-state index contributed by atoms with van der Waals surface area (Å²) in [4.78, 5) is 9.86. The molecule has 6 heteroatoms. The predicted molar refractivity (Wildman–Crippen MR) is 90.4 cm³/mol. The Morgan fingerprint density at radius 1 is 1.05 bits per heavy atom. The smallest absolute Gasteiger partial charge is 0.205 e. The van der Waals surface area contributed by atoms with Gasteiger partial charge in [0.15, 0.2) is 0 Å². The van der Waals surface area contributed by atoms with E-state index >= 15 is 0 Å². The summed E-state index contributed by atoms with van der Waals surface area (Å²) in [6.45, 7) is 1.82. The van der Waals surface area contributed by atoms with E-state index in [4.69, 9.17) is 4.98 Å². The molecule has 0 atom stereocenters. The summed E-state index contributed by atoms with van der Waals surface area (Å²) in [7, 11) is 0. The molecular weight excluding hydrogens is 318 g/mol. The molecule has 0 bridgehead atoms. The van der Waals surface area contributed by atoms with Crippen molar-refractivity contribution in [2.45, 2.75) is 31.8 Å². The number of nitrogens with zero attached hydrogens (tertiary/aromatic N) is 3. The summed E-state index contributed by atoms with van der Waals surface area (Å²) in [5.41, 5.74) is 0. The Bertz CT molecular complexity index is 647. The van der Waals surface area contributed by atoms with Crippen molar-refractivity contribution >= 4 is 39.3 Å². The molecule has 1 aliphatic carbocycles. The van der Waals surface area contributed by atoms with Crippen LogP contribution < -0.4 is 4.90 Å². The molecule has 1 aliphatic rings. The van der Waals surface area contributed by atoms with Crippen molar-refractivity contribution in [1.29, 1.82) is 0 Å². The van der Waals surface area contributed by atoms with Gasteiger partial charge in [0.1, 0.15) is 5.82 Å². The monoisotopic (exact) mass is 333 g/mol. The van der Waals surface area contributed by atoms with Crippen molar-refractivity contribution in [1.82, 2.24) is 9.36 Å². The number of aromatic nitrogens is 2. The van der Waals surface area contributed by atoms with Crippen LogP contribution in [0.3, 0.4) is 0 Å². The van der Waals surface area contributed by atoms with Crippen molar-refractivity contribution in [2.24, 2.45) is 0 Å². The first kappa shape index (κ1) is 13.4. The minimum atomic E-state index is 0.625. The molecule has 0 aliphatic heterocycles. The summed E-state index contributed by atoms with van der Waals surface area (Å²) in [6, 6.07) is 8.60. The number of thiophene rings is 2. The second kappa shape index (κ2) is 5.87. The van der Waals surface area contributed by atoms with Gasteiger partial charge in [-0.3, -0.25) is 0 Å².